The first-order valence-electron chi connectivity index (χ1n) is 12.4. The molecule has 4 aromatic rings. The average molecular weight is 501 g/mol. The van der Waals surface area contributed by atoms with Gasteiger partial charge in [-0.05, 0) is 39.0 Å². The van der Waals surface area contributed by atoms with Gasteiger partial charge in [0.2, 0.25) is 5.95 Å². The first-order valence-corrected chi connectivity index (χ1v) is 12.4. The average Bonchev–Trinajstić information content (AvgIpc) is 3.46. The van der Waals surface area contributed by atoms with E-state index in [1.165, 1.54) is 0 Å². The molecule has 0 spiro atoms. The predicted octanol–water partition coefficient (Wildman–Crippen LogP) is 3.34. The summed E-state index contributed by atoms with van der Waals surface area (Å²) in [6.07, 6.45) is 6.18. The van der Waals surface area contributed by atoms with Gasteiger partial charge in [0.15, 0.2) is 0 Å². The van der Waals surface area contributed by atoms with Crippen molar-refractivity contribution in [3.8, 4) is 11.4 Å². The summed E-state index contributed by atoms with van der Waals surface area (Å²) in [6, 6.07) is 7.99. The number of nitrogens with zero attached hydrogens (tertiary/aromatic N) is 7. The zero-order valence-corrected chi connectivity index (χ0v) is 21.7. The molecule has 1 aromatic carbocycles. The van der Waals surface area contributed by atoms with Crippen LogP contribution in [0.15, 0.2) is 36.8 Å². The molecule has 0 saturated heterocycles. The van der Waals surface area contributed by atoms with E-state index in [0.717, 1.165) is 83.4 Å². The van der Waals surface area contributed by atoms with Crippen LogP contribution in [0.5, 0.6) is 5.75 Å². The Kier molecular flexibility index (Phi) is 7.00. The van der Waals surface area contributed by atoms with Gasteiger partial charge in [-0.15, -0.1) is 0 Å². The molecule has 0 saturated carbocycles. The first-order chi connectivity index (χ1) is 17.9. The van der Waals surface area contributed by atoms with Crippen molar-refractivity contribution in [2.75, 3.05) is 25.5 Å². The Balaban J connectivity index is 1.44. The van der Waals surface area contributed by atoms with E-state index in [1.807, 2.05) is 47.5 Å². The molecule has 4 heterocycles. The van der Waals surface area contributed by atoms with E-state index in [-0.39, 0.29) is 0 Å². The highest BCUT2D eigenvalue weighted by Gasteiger charge is 2.23. The first kappa shape index (κ1) is 24.6. The number of nitrogens with one attached hydrogen (secondary N) is 1. The highest BCUT2D eigenvalue weighted by atomic mass is 16.5. The van der Waals surface area contributed by atoms with Crippen LogP contribution in [0.1, 0.15) is 34.0 Å². The Labute approximate surface area is 216 Å². The van der Waals surface area contributed by atoms with Crippen molar-refractivity contribution < 1.29 is 9.53 Å². The van der Waals surface area contributed by atoms with E-state index >= 15 is 0 Å². The van der Waals surface area contributed by atoms with Gasteiger partial charge in [0.05, 0.1) is 48.4 Å². The fourth-order valence-electron chi connectivity index (χ4n) is 4.83. The summed E-state index contributed by atoms with van der Waals surface area (Å²) in [5, 5.41) is 7.99. The molecule has 1 aliphatic rings. The topological polar surface area (TPSA) is 103 Å². The molecule has 1 aliphatic heterocycles. The number of benzene rings is 1. The highest BCUT2D eigenvalue weighted by molar-refractivity contribution is 5.62. The number of aromatic nitrogens is 6. The van der Waals surface area contributed by atoms with Gasteiger partial charge >= 0.3 is 0 Å². The zero-order chi connectivity index (χ0) is 25.9. The minimum Gasteiger partial charge on any atom is -0.494 e. The summed E-state index contributed by atoms with van der Waals surface area (Å²) >= 11 is 0. The predicted molar refractivity (Wildman–Crippen MR) is 141 cm³/mol. The lowest BCUT2D eigenvalue weighted by Gasteiger charge is -2.28. The van der Waals surface area contributed by atoms with Gasteiger partial charge < -0.3 is 19.4 Å². The molecule has 1 N–H and O–H groups in total. The largest absolute Gasteiger partial charge is 0.494 e. The Hall–Kier alpha value is -4.05. The summed E-state index contributed by atoms with van der Waals surface area (Å²) in [7, 11) is 1.66. The number of carbonyl (C=O) groups excluding carboxylic acids is 1. The van der Waals surface area contributed by atoms with E-state index < -0.39 is 0 Å². The number of imidazole rings is 1. The molecular formula is C27H32N8O2. The molecule has 3 aromatic heterocycles. The maximum absolute atomic E-state index is 11.1. The Morgan fingerprint density at radius 3 is 2.70 bits per heavy atom. The van der Waals surface area contributed by atoms with Crippen molar-refractivity contribution in [1.82, 2.24) is 34.2 Å². The van der Waals surface area contributed by atoms with Crippen LogP contribution in [0.2, 0.25) is 0 Å². The number of aryl methyl sites for hydroxylation is 5. The molecule has 0 amide bonds. The number of methoxy groups -OCH3 is 1. The van der Waals surface area contributed by atoms with Crippen molar-refractivity contribution in [2.24, 2.45) is 0 Å². The standard InChI is InChI=1S/C27H32N8O2/c1-18-13-20(3)35(32-18)10-8-24-22-16-33(11-12-36)9-7-23(22)30-27(31-24)29-21-5-6-25(26(14-21)37-4)34-15-19(2)28-17-34/h5-6,12-15,17H,7-11,16H2,1-4H3,(H,29,30,31). The van der Waals surface area contributed by atoms with E-state index in [2.05, 4.69) is 33.3 Å². The normalized spacial score (nSPS) is 13.4. The van der Waals surface area contributed by atoms with Crippen LogP contribution >= 0.6 is 0 Å². The monoisotopic (exact) mass is 500 g/mol. The van der Waals surface area contributed by atoms with E-state index in [4.69, 9.17) is 14.7 Å². The lowest BCUT2D eigenvalue weighted by Crippen LogP contribution is -2.34. The van der Waals surface area contributed by atoms with Gasteiger partial charge in [0.25, 0.3) is 0 Å². The number of hydrogen-bond donors (Lipinski definition) is 1. The van der Waals surface area contributed by atoms with Gasteiger partial charge in [-0.25, -0.2) is 15.0 Å². The van der Waals surface area contributed by atoms with E-state index in [0.29, 0.717) is 19.0 Å². The molecule has 37 heavy (non-hydrogen) atoms. The third-order valence-electron chi connectivity index (χ3n) is 6.65. The molecule has 192 valence electrons. The van der Waals surface area contributed by atoms with Crippen LogP contribution in [0.25, 0.3) is 5.69 Å². The molecule has 0 unspecified atom stereocenters. The minimum atomic E-state index is 0.416. The van der Waals surface area contributed by atoms with E-state index in [9.17, 15) is 4.79 Å². The second-order valence-electron chi connectivity index (χ2n) is 9.41. The molecule has 0 bridgehead atoms. The number of aldehydes is 1. The molecule has 10 heteroatoms. The molecular weight excluding hydrogens is 468 g/mol. The number of fused-ring (bicyclic) bond motifs is 1. The van der Waals surface area contributed by atoms with Gasteiger partial charge in [0, 0.05) is 61.7 Å². The Morgan fingerprint density at radius 2 is 2.00 bits per heavy atom. The molecule has 0 atom stereocenters. The lowest BCUT2D eigenvalue weighted by molar-refractivity contribution is -0.109. The van der Waals surface area contributed by atoms with Crippen LogP contribution in [0, 0.1) is 20.8 Å². The van der Waals surface area contributed by atoms with Gasteiger partial charge in [-0.3, -0.25) is 9.58 Å². The molecule has 0 radical (unpaired) electrons. The minimum absolute atomic E-state index is 0.416. The summed E-state index contributed by atoms with van der Waals surface area (Å²) in [5.41, 5.74) is 7.93. The summed E-state index contributed by atoms with van der Waals surface area (Å²) in [4.78, 5) is 27.4. The molecule has 5 rings (SSSR count). The zero-order valence-electron chi connectivity index (χ0n) is 21.7. The van der Waals surface area contributed by atoms with Crippen LogP contribution in [-0.2, 0) is 30.7 Å². The van der Waals surface area contributed by atoms with Gasteiger partial charge in [-0.1, -0.05) is 0 Å². The number of rotatable bonds is 9. The quantitative estimate of drug-likeness (QED) is 0.349. The van der Waals surface area contributed by atoms with Crippen LogP contribution < -0.4 is 10.1 Å². The Bertz CT molecular complexity index is 1420. The van der Waals surface area contributed by atoms with Crippen molar-refractivity contribution >= 4 is 17.9 Å². The number of anilines is 2. The fourth-order valence-corrected chi connectivity index (χ4v) is 4.83. The van der Waals surface area contributed by atoms with Crippen molar-refractivity contribution in [3.05, 3.63) is 70.8 Å². The highest BCUT2D eigenvalue weighted by Crippen LogP contribution is 2.29. The maximum Gasteiger partial charge on any atom is 0.227 e. The van der Waals surface area contributed by atoms with Crippen LogP contribution in [0.3, 0.4) is 0 Å². The third kappa shape index (κ3) is 5.39. The molecule has 10 nitrogen and oxygen atoms in total. The van der Waals surface area contributed by atoms with Gasteiger partial charge in [0.1, 0.15) is 12.0 Å². The fraction of sp³-hybridized carbons (Fsp3) is 0.370. The van der Waals surface area contributed by atoms with Crippen molar-refractivity contribution in [2.45, 2.75) is 46.7 Å². The van der Waals surface area contributed by atoms with Crippen LogP contribution in [-0.4, -0.2) is 60.7 Å². The smallest absolute Gasteiger partial charge is 0.227 e. The number of carbonyl (C=O) groups is 1. The second kappa shape index (κ2) is 10.5. The van der Waals surface area contributed by atoms with Crippen molar-refractivity contribution in [3.63, 3.8) is 0 Å². The Morgan fingerprint density at radius 1 is 1.14 bits per heavy atom. The molecule has 0 fully saturated rings. The summed E-state index contributed by atoms with van der Waals surface area (Å²) in [6.45, 7) is 8.64. The summed E-state index contributed by atoms with van der Waals surface area (Å²) < 4.78 is 9.62. The third-order valence-corrected chi connectivity index (χ3v) is 6.65. The maximum atomic E-state index is 11.1. The second-order valence-corrected chi connectivity index (χ2v) is 9.41. The number of ether oxygens (including phenoxy) is 1. The summed E-state index contributed by atoms with van der Waals surface area (Å²) in [5.74, 6) is 1.27. The molecule has 0 aliphatic carbocycles. The SMILES string of the molecule is COc1cc(Nc2nc3c(c(CCn4nc(C)cc4C)n2)CN(CC=O)CC3)ccc1-n1cnc(C)c1. The van der Waals surface area contributed by atoms with Crippen LogP contribution in [0.4, 0.5) is 11.6 Å². The van der Waals surface area contributed by atoms with Crippen molar-refractivity contribution in [1.29, 1.82) is 0 Å². The van der Waals surface area contributed by atoms with E-state index in [1.54, 1.807) is 13.4 Å². The lowest BCUT2D eigenvalue weighted by atomic mass is 10.0. The number of hydrogen-bond acceptors (Lipinski definition) is 8. The van der Waals surface area contributed by atoms with Gasteiger partial charge in [-0.2, -0.15) is 5.10 Å².